The lowest BCUT2D eigenvalue weighted by atomic mass is 10.1. The van der Waals surface area contributed by atoms with Gasteiger partial charge in [-0.2, -0.15) is 0 Å². The summed E-state index contributed by atoms with van der Waals surface area (Å²) in [4.78, 5) is 39.5. The molecule has 0 amide bonds. The molecule has 0 saturated carbocycles. The molecule has 1 aromatic heterocycles. The average Bonchev–Trinajstić information content (AvgIpc) is 2.88. The number of benzene rings is 1. The van der Waals surface area contributed by atoms with Gasteiger partial charge in [0.25, 0.3) is 0 Å². The molecule has 2 aromatic rings. The molecule has 0 aliphatic rings. The first kappa shape index (κ1) is 19.4. The largest absolute Gasteiger partial charge is 0.462 e. The maximum absolute atomic E-state index is 13.2. The lowest BCUT2D eigenvalue weighted by Gasteiger charge is -2.12. The second-order valence-corrected chi connectivity index (χ2v) is 5.77. The Kier molecular flexibility index (Phi) is 5.92. The van der Waals surface area contributed by atoms with Crippen LogP contribution in [-0.4, -0.2) is 35.4 Å². The van der Waals surface area contributed by atoms with Gasteiger partial charge in [-0.25, -0.2) is 14.0 Å². The topological polar surface area (TPSA) is 85.5 Å². The molecule has 6 nitrogen and oxygen atoms in total. The maximum Gasteiger partial charge on any atom is 0.340 e. The molecule has 1 N–H and O–H groups in total. The van der Waals surface area contributed by atoms with Crippen molar-refractivity contribution in [3.8, 4) is 0 Å². The number of carbonyl (C=O) groups is 3. The summed E-state index contributed by atoms with van der Waals surface area (Å²) in [6, 6.07) is 5.00. The number of rotatable bonds is 6. The summed E-state index contributed by atoms with van der Waals surface area (Å²) in [7, 11) is 0. The summed E-state index contributed by atoms with van der Waals surface area (Å²) < 4.78 is 23.3. The first-order valence-electron chi connectivity index (χ1n) is 8.13. The zero-order valence-electron chi connectivity index (χ0n) is 15.0. The number of aromatic nitrogens is 1. The van der Waals surface area contributed by atoms with Crippen molar-refractivity contribution in [2.45, 2.75) is 33.8 Å². The molecular weight excluding hydrogens is 341 g/mol. The van der Waals surface area contributed by atoms with Crippen molar-refractivity contribution in [2.75, 3.05) is 6.61 Å². The van der Waals surface area contributed by atoms with Crippen LogP contribution in [0.5, 0.6) is 0 Å². The Bertz CT molecular complexity index is 856. The molecule has 26 heavy (non-hydrogen) atoms. The highest BCUT2D eigenvalue weighted by Gasteiger charge is 2.27. The van der Waals surface area contributed by atoms with Gasteiger partial charge in [-0.15, -0.1) is 0 Å². The zero-order valence-corrected chi connectivity index (χ0v) is 15.0. The van der Waals surface area contributed by atoms with E-state index < -0.39 is 29.6 Å². The third-order valence-corrected chi connectivity index (χ3v) is 3.88. The lowest BCUT2D eigenvalue weighted by Crippen LogP contribution is -2.25. The first-order valence-corrected chi connectivity index (χ1v) is 8.13. The minimum absolute atomic E-state index is 0.0104. The monoisotopic (exact) mass is 361 g/mol. The van der Waals surface area contributed by atoms with Gasteiger partial charge in [-0.1, -0.05) is 6.07 Å². The summed E-state index contributed by atoms with van der Waals surface area (Å²) in [6.07, 6.45) is -1.11. The highest BCUT2D eigenvalue weighted by Crippen LogP contribution is 2.21. The summed E-state index contributed by atoms with van der Waals surface area (Å²) >= 11 is 0. The molecule has 1 atom stereocenters. The highest BCUT2D eigenvalue weighted by molar-refractivity contribution is 6.04. The number of ketones is 1. The van der Waals surface area contributed by atoms with Gasteiger partial charge >= 0.3 is 11.9 Å². The fraction of sp³-hybridized carbons (Fsp3) is 0.316. The number of ether oxygens (including phenoxy) is 2. The quantitative estimate of drug-likeness (QED) is 0.630. The van der Waals surface area contributed by atoms with Crippen LogP contribution in [0.25, 0.3) is 0 Å². The van der Waals surface area contributed by atoms with Gasteiger partial charge in [0.15, 0.2) is 6.10 Å². The van der Waals surface area contributed by atoms with Crippen LogP contribution < -0.4 is 0 Å². The smallest absolute Gasteiger partial charge is 0.340 e. The number of carbonyl (C=O) groups excluding carboxylic acids is 3. The number of Topliss-reactive ketones (excluding diaryl/α,β-unsaturated/α-hetero) is 1. The van der Waals surface area contributed by atoms with Crippen LogP contribution in [0, 0.1) is 19.7 Å². The number of aromatic amines is 1. The van der Waals surface area contributed by atoms with E-state index in [4.69, 9.17) is 9.47 Å². The molecule has 0 bridgehead atoms. The molecule has 0 aliphatic carbocycles. The van der Waals surface area contributed by atoms with Crippen LogP contribution in [0.1, 0.15) is 56.3 Å². The SMILES string of the molecule is CCOC(=O)c1c(C)[nH]c(C(=O)[C@@H](C)OC(=O)c2cccc(F)c2)c1C. The molecular formula is C19H20FNO5. The highest BCUT2D eigenvalue weighted by atomic mass is 19.1. The molecule has 0 spiro atoms. The minimum atomic E-state index is -1.11. The van der Waals surface area contributed by atoms with Gasteiger partial charge in [0.1, 0.15) is 5.82 Å². The number of hydrogen-bond donors (Lipinski definition) is 1. The van der Waals surface area contributed by atoms with Crippen LogP contribution in [0.15, 0.2) is 24.3 Å². The van der Waals surface area contributed by atoms with Crippen LogP contribution in [0.3, 0.4) is 0 Å². The number of nitrogens with one attached hydrogen (secondary N) is 1. The van der Waals surface area contributed by atoms with E-state index in [1.165, 1.54) is 25.1 Å². The van der Waals surface area contributed by atoms with Gasteiger partial charge < -0.3 is 14.5 Å². The van der Waals surface area contributed by atoms with Crippen molar-refractivity contribution in [3.05, 3.63) is 58.2 Å². The van der Waals surface area contributed by atoms with E-state index in [-0.39, 0.29) is 17.9 Å². The second-order valence-electron chi connectivity index (χ2n) is 5.77. The van der Waals surface area contributed by atoms with Crippen molar-refractivity contribution in [1.29, 1.82) is 0 Å². The van der Waals surface area contributed by atoms with Crippen molar-refractivity contribution in [1.82, 2.24) is 4.98 Å². The van der Waals surface area contributed by atoms with Crippen LogP contribution in [0.4, 0.5) is 4.39 Å². The molecule has 0 aliphatic heterocycles. The Labute approximate surface area is 150 Å². The minimum Gasteiger partial charge on any atom is -0.462 e. The van der Waals surface area contributed by atoms with E-state index in [0.717, 1.165) is 6.07 Å². The normalized spacial score (nSPS) is 11.7. The molecule has 1 heterocycles. The van der Waals surface area contributed by atoms with E-state index in [1.807, 2.05) is 0 Å². The van der Waals surface area contributed by atoms with Crippen molar-refractivity contribution in [2.24, 2.45) is 0 Å². The standard InChI is InChI=1S/C19H20FNO5/c1-5-25-19(24)15-10(2)16(21-11(15)3)17(22)12(4)26-18(23)13-7-6-8-14(20)9-13/h6-9,12,21H,5H2,1-4H3/t12-/m1/s1. The molecule has 138 valence electrons. The summed E-state index contributed by atoms with van der Waals surface area (Å²) in [5.41, 5.74) is 1.40. The zero-order chi connectivity index (χ0) is 19.4. The predicted molar refractivity (Wildman–Crippen MR) is 91.8 cm³/mol. The predicted octanol–water partition coefficient (Wildman–Crippen LogP) is 3.38. The summed E-state index contributed by atoms with van der Waals surface area (Å²) in [5.74, 6) is -2.40. The van der Waals surface area contributed by atoms with E-state index in [0.29, 0.717) is 16.8 Å². The fourth-order valence-corrected chi connectivity index (χ4v) is 2.61. The van der Waals surface area contributed by atoms with Crippen LogP contribution in [-0.2, 0) is 9.47 Å². The van der Waals surface area contributed by atoms with E-state index in [2.05, 4.69) is 4.98 Å². The second kappa shape index (κ2) is 7.95. The molecule has 2 rings (SSSR count). The number of H-pyrrole nitrogens is 1. The van der Waals surface area contributed by atoms with Gasteiger partial charge in [0.05, 0.1) is 23.4 Å². The Morgan fingerprint density at radius 2 is 1.88 bits per heavy atom. The maximum atomic E-state index is 13.2. The van der Waals surface area contributed by atoms with Crippen LogP contribution >= 0.6 is 0 Å². The third-order valence-electron chi connectivity index (χ3n) is 3.88. The molecule has 0 fully saturated rings. The van der Waals surface area contributed by atoms with Gasteiger partial charge in [-0.05, 0) is 51.5 Å². The summed E-state index contributed by atoms with van der Waals surface area (Å²) in [5, 5.41) is 0. The van der Waals surface area contributed by atoms with Gasteiger partial charge in [0, 0.05) is 5.69 Å². The Morgan fingerprint density at radius 1 is 1.19 bits per heavy atom. The fourth-order valence-electron chi connectivity index (χ4n) is 2.61. The number of halogens is 1. The Balaban J connectivity index is 2.19. The van der Waals surface area contributed by atoms with E-state index in [1.54, 1.807) is 20.8 Å². The van der Waals surface area contributed by atoms with E-state index >= 15 is 0 Å². The summed E-state index contributed by atoms with van der Waals surface area (Å²) in [6.45, 7) is 6.59. The van der Waals surface area contributed by atoms with Crippen molar-refractivity contribution in [3.63, 3.8) is 0 Å². The first-order chi connectivity index (χ1) is 12.3. The van der Waals surface area contributed by atoms with E-state index in [9.17, 15) is 18.8 Å². The van der Waals surface area contributed by atoms with Gasteiger partial charge in [0.2, 0.25) is 5.78 Å². The van der Waals surface area contributed by atoms with Crippen molar-refractivity contribution < 1.29 is 28.2 Å². The molecule has 0 unspecified atom stereocenters. The number of hydrogen-bond acceptors (Lipinski definition) is 5. The lowest BCUT2D eigenvalue weighted by molar-refractivity contribution is 0.0316. The molecule has 1 aromatic carbocycles. The molecule has 0 saturated heterocycles. The Morgan fingerprint density at radius 3 is 2.50 bits per heavy atom. The number of aryl methyl sites for hydroxylation is 1. The number of esters is 2. The molecule has 7 heteroatoms. The van der Waals surface area contributed by atoms with Crippen molar-refractivity contribution >= 4 is 17.7 Å². The molecule has 0 radical (unpaired) electrons. The third kappa shape index (κ3) is 3.99. The Hall–Kier alpha value is -2.96. The van der Waals surface area contributed by atoms with Crippen LogP contribution in [0.2, 0.25) is 0 Å². The average molecular weight is 361 g/mol. The van der Waals surface area contributed by atoms with Gasteiger partial charge in [-0.3, -0.25) is 4.79 Å².